The van der Waals surface area contributed by atoms with Crippen molar-refractivity contribution in [3.8, 4) is 6.07 Å². The number of hydrogen-bond donors (Lipinski definition) is 0. The summed E-state index contributed by atoms with van der Waals surface area (Å²) in [7, 11) is 0. The van der Waals surface area contributed by atoms with Gasteiger partial charge in [-0.05, 0) is 19.1 Å². The first-order chi connectivity index (χ1) is 6.69. The summed E-state index contributed by atoms with van der Waals surface area (Å²) >= 11 is 3.14. The molecule has 4 heteroatoms. The van der Waals surface area contributed by atoms with Crippen LogP contribution in [-0.2, 0) is 4.74 Å². The summed E-state index contributed by atoms with van der Waals surface area (Å²) in [6.45, 7) is 2.15. The standard InChI is InChI=1S/C10H9BrFNO/c1-2-14-10(6-13)8-4-3-7(11)5-9(8)12/h3-5,10H,2H2,1H3. The van der Waals surface area contributed by atoms with E-state index in [0.29, 0.717) is 11.1 Å². The Hall–Kier alpha value is -0.920. The summed E-state index contributed by atoms with van der Waals surface area (Å²) in [5.74, 6) is -0.431. The highest BCUT2D eigenvalue weighted by Crippen LogP contribution is 2.23. The Kier molecular flexibility index (Phi) is 4.05. The molecule has 0 bridgehead atoms. The van der Waals surface area contributed by atoms with Crippen molar-refractivity contribution in [3.63, 3.8) is 0 Å². The molecule has 0 aliphatic carbocycles. The van der Waals surface area contributed by atoms with Gasteiger partial charge in [-0.25, -0.2) is 4.39 Å². The number of rotatable bonds is 3. The van der Waals surface area contributed by atoms with Gasteiger partial charge >= 0.3 is 0 Å². The predicted molar refractivity (Wildman–Crippen MR) is 54.1 cm³/mol. The van der Waals surface area contributed by atoms with Gasteiger partial charge in [0.25, 0.3) is 0 Å². The summed E-state index contributed by atoms with van der Waals surface area (Å²) in [4.78, 5) is 0. The van der Waals surface area contributed by atoms with E-state index in [1.807, 2.05) is 6.07 Å². The van der Waals surface area contributed by atoms with Crippen LogP contribution < -0.4 is 0 Å². The van der Waals surface area contributed by atoms with E-state index in [1.165, 1.54) is 6.07 Å². The van der Waals surface area contributed by atoms with Crippen LogP contribution in [-0.4, -0.2) is 6.61 Å². The summed E-state index contributed by atoms with van der Waals surface area (Å²) in [6.07, 6.45) is -0.826. The lowest BCUT2D eigenvalue weighted by Gasteiger charge is -2.10. The van der Waals surface area contributed by atoms with Crippen molar-refractivity contribution >= 4 is 15.9 Å². The van der Waals surface area contributed by atoms with Gasteiger partial charge in [-0.1, -0.05) is 22.0 Å². The fraction of sp³-hybridized carbons (Fsp3) is 0.300. The monoisotopic (exact) mass is 257 g/mol. The van der Waals surface area contributed by atoms with Gasteiger partial charge in [0.05, 0.1) is 6.07 Å². The number of nitrogens with zero attached hydrogens (tertiary/aromatic N) is 1. The Morgan fingerprint density at radius 3 is 2.86 bits per heavy atom. The van der Waals surface area contributed by atoms with Gasteiger partial charge in [-0.3, -0.25) is 0 Å². The van der Waals surface area contributed by atoms with Crippen molar-refractivity contribution in [1.82, 2.24) is 0 Å². The highest BCUT2D eigenvalue weighted by Gasteiger charge is 2.14. The van der Waals surface area contributed by atoms with Crippen LogP contribution in [0.1, 0.15) is 18.6 Å². The van der Waals surface area contributed by atoms with E-state index in [1.54, 1.807) is 19.1 Å². The molecule has 0 aliphatic heterocycles. The quantitative estimate of drug-likeness (QED) is 0.834. The average Bonchev–Trinajstić information content (AvgIpc) is 2.15. The average molecular weight is 258 g/mol. The topological polar surface area (TPSA) is 33.0 Å². The van der Waals surface area contributed by atoms with Crippen LogP contribution in [0.15, 0.2) is 22.7 Å². The maximum absolute atomic E-state index is 13.3. The van der Waals surface area contributed by atoms with Crippen LogP contribution in [0.2, 0.25) is 0 Å². The SMILES string of the molecule is CCOC(C#N)c1ccc(Br)cc1F. The molecule has 0 heterocycles. The third-order valence-corrected chi connectivity index (χ3v) is 2.19. The predicted octanol–water partition coefficient (Wildman–Crippen LogP) is 3.19. The minimum atomic E-state index is -0.826. The molecule has 74 valence electrons. The van der Waals surface area contributed by atoms with Crippen LogP contribution in [0.5, 0.6) is 0 Å². The van der Waals surface area contributed by atoms with Crippen LogP contribution in [0.3, 0.4) is 0 Å². The smallest absolute Gasteiger partial charge is 0.171 e. The lowest BCUT2D eigenvalue weighted by atomic mass is 10.1. The van der Waals surface area contributed by atoms with E-state index >= 15 is 0 Å². The van der Waals surface area contributed by atoms with Gasteiger partial charge in [0.2, 0.25) is 0 Å². The Morgan fingerprint density at radius 1 is 1.64 bits per heavy atom. The first-order valence-electron chi connectivity index (χ1n) is 4.15. The van der Waals surface area contributed by atoms with Crippen LogP contribution in [0.4, 0.5) is 4.39 Å². The molecule has 1 atom stereocenters. The third-order valence-electron chi connectivity index (χ3n) is 1.70. The fourth-order valence-corrected chi connectivity index (χ4v) is 1.41. The molecule has 0 N–H and O–H groups in total. The normalized spacial score (nSPS) is 12.1. The summed E-state index contributed by atoms with van der Waals surface area (Å²) in [5, 5.41) is 8.75. The van der Waals surface area contributed by atoms with Crippen molar-refractivity contribution < 1.29 is 9.13 Å². The largest absolute Gasteiger partial charge is 0.359 e. The van der Waals surface area contributed by atoms with Gasteiger partial charge in [0, 0.05) is 16.6 Å². The highest BCUT2D eigenvalue weighted by molar-refractivity contribution is 9.10. The van der Waals surface area contributed by atoms with E-state index in [4.69, 9.17) is 10.00 Å². The van der Waals surface area contributed by atoms with E-state index in [0.717, 1.165) is 0 Å². The summed E-state index contributed by atoms with van der Waals surface area (Å²) in [6, 6.07) is 6.45. The zero-order valence-electron chi connectivity index (χ0n) is 7.63. The van der Waals surface area contributed by atoms with Crippen LogP contribution in [0.25, 0.3) is 0 Å². The molecule has 0 amide bonds. The first kappa shape index (κ1) is 11.2. The molecule has 0 aromatic heterocycles. The zero-order chi connectivity index (χ0) is 10.6. The number of ether oxygens (including phenoxy) is 1. The van der Waals surface area contributed by atoms with Gasteiger partial charge in [0.1, 0.15) is 5.82 Å². The van der Waals surface area contributed by atoms with Gasteiger partial charge in [-0.2, -0.15) is 5.26 Å². The van der Waals surface area contributed by atoms with Crippen molar-refractivity contribution in [1.29, 1.82) is 5.26 Å². The molecule has 0 fully saturated rings. The molecule has 0 radical (unpaired) electrons. The Labute approximate surface area is 90.4 Å². The lowest BCUT2D eigenvalue weighted by molar-refractivity contribution is 0.0993. The molecule has 0 saturated carbocycles. The Morgan fingerprint density at radius 2 is 2.36 bits per heavy atom. The molecular formula is C10H9BrFNO. The molecule has 14 heavy (non-hydrogen) atoms. The molecule has 0 saturated heterocycles. The third kappa shape index (κ3) is 2.53. The second-order valence-electron chi connectivity index (χ2n) is 2.63. The highest BCUT2D eigenvalue weighted by atomic mass is 79.9. The van der Waals surface area contributed by atoms with Gasteiger partial charge in [0.15, 0.2) is 6.10 Å². The van der Waals surface area contributed by atoms with E-state index < -0.39 is 11.9 Å². The first-order valence-corrected chi connectivity index (χ1v) is 4.94. The zero-order valence-corrected chi connectivity index (χ0v) is 9.21. The summed E-state index contributed by atoms with van der Waals surface area (Å²) < 4.78 is 19.1. The van der Waals surface area contributed by atoms with E-state index in [2.05, 4.69) is 15.9 Å². The maximum atomic E-state index is 13.3. The number of hydrogen-bond acceptors (Lipinski definition) is 2. The lowest BCUT2D eigenvalue weighted by Crippen LogP contribution is -2.03. The molecule has 1 aromatic carbocycles. The molecule has 1 rings (SSSR count). The van der Waals surface area contributed by atoms with Crippen molar-refractivity contribution in [2.24, 2.45) is 0 Å². The Balaban J connectivity index is 3.00. The van der Waals surface area contributed by atoms with Crippen molar-refractivity contribution in [2.75, 3.05) is 6.61 Å². The van der Waals surface area contributed by atoms with Crippen molar-refractivity contribution in [3.05, 3.63) is 34.1 Å². The van der Waals surface area contributed by atoms with E-state index in [9.17, 15) is 4.39 Å². The minimum absolute atomic E-state index is 0.276. The van der Waals surface area contributed by atoms with Gasteiger partial charge in [-0.15, -0.1) is 0 Å². The molecule has 0 aliphatic rings. The summed E-state index contributed by atoms with van der Waals surface area (Å²) in [5.41, 5.74) is 0.276. The maximum Gasteiger partial charge on any atom is 0.171 e. The number of nitriles is 1. The van der Waals surface area contributed by atoms with E-state index in [-0.39, 0.29) is 5.56 Å². The van der Waals surface area contributed by atoms with Crippen molar-refractivity contribution in [2.45, 2.75) is 13.0 Å². The number of benzene rings is 1. The van der Waals surface area contributed by atoms with Crippen LogP contribution in [0, 0.1) is 17.1 Å². The second kappa shape index (κ2) is 5.08. The minimum Gasteiger partial charge on any atom is -0.359 e. The molecule has 1 aromatic rings. The molecule has 0 spiro atoms. The Bertz CT molecular complexity index is 362. The molecular weight excluding hydrogens is 249 g/mol. The number of halogens is 2. The molecule has 1 unspecified atom stereocenters. The van der Waals surface area contributed by atoms with Crippen LogP contribution >= 0.6 is 15.9 Å². The molecule has 2 nitrogen and oxygen atoms in total. The second-order valence-corrected chi connectivity index (χ2v) is 3.55. The van der Waals surface area contributed by atoms with Gasteiger partial charge < -0.3 is 4.74 Å². The fourth-order valence-electron chi connectivity index (χ4n) is 1.08.